The summed E-state index contributed by atoms with van der Waals surface area (Å²) in [6, 6.07) is 27.8. The average molecular weight is 616 g/mol. The van der Waals surface area contributed by atoms with E-state index in [9.17, 15) is 19.2 Å². The van der Waals surface area contributed by atoms with Gasteiger partial charge in [-0.15, -0.1) is 23.2 Å². The van der Waals surface area contributed by atoms with Crippen LogP contribution in [0, 0.1) is 11.8 Å². The van der Waals surface area contributed by atoms with Gasteiger partial charge < -0.3 is 5.32 Å². The fourth-order valence-electron chi connectivity index (χ4n) is 6.77. The summed E-state index contributed by atoms with van der Waals surface area (Å²) in [5.74, 6) is -4.15. The Kier molecular flexibility index (Phi) is 6.10. The van der Waals surface area contributed by atoms with E-state index in [1.54, 1.807) is 36.4 Å². The summed E-state index contributed by atoms with van der Waals surface area (Å²) in [5.41, 5.74) is 3.52. The van der Waals surface area contributed by atoms with E-state index in [4.69, 9.17) is 34.8 Å². The third kappa shape index (κ3) is 3.59. The molecule has 8 rings (SSSR count). The molecule has 4 aromatic carbocycles. The predicted octanol–water partition coefficient (Wildman–Crippen LogP) is 6.10. The molecule has 0 saturated carbocycles. The second-order valence-electron chi connectivity index (χ2n) is 10.7. The molecule has 6 nitrogen and oxygen atoms in total. The zero-order valence-corrected chi connectivity index (χ0v) is 24.1. The Morgan fingerprint density at radius 2 is 1.19 bits per heavy atom. The highest BCUT2D eigenvalue weighted by molar-refractivity contribution is 6.36. The first-order chi connectivity index (χ1) is 20.2. The van der Waals surface area contributed by atoms with E-state index in [1.165, 1.54) is 12.1 Å². The van der Waals surface area contributed by atoms with E-state index in [-0.39, 0.29) is 17.0 Å². The summed E-state index contributed by atoms with van der Waals surface area (Å²) in [4.78, 5) is 52.9. The minimum absolute atomic E-state index is 0.179. The van der Waals surface area contributed by atoms with Gasteiger partial charge in [0.25, 0.3) is 0 Å². The lowest BCUT2D eigenvalue weighted by Crippen LogP contribution is -2.57. The summed E-state index contributed by atoms with van der Waals surface area (Å²) < 4.78 is 0. The maximum Gasteiger partial charge on any atom is 0.244 e. The van der Waals surface area contributed by atoms with Crippen molar-refractivity contribution in [2.24, 2.45) is 11.8 Å². The second kappa shape index (κ2) is 9.53. The van der Waals surface area contributed by atoms with Crippen molar-refractivity contribution in [3.05, 3.63) is 135 Å². The number of likely N-dealkylation sites (tertiary alicyclic amines) is 1. The van der Waals surface area contributed by atoms with Crippen molar-refractivity contribution in [1.82, 2.24) is 4.90 Å². The van der Waals surface area contributed by atoms with Crippen molar-refractivity contribution < 1.29 is 19.2 Å². The largest absolute Gasteiger partial charge is 0.324 e. The number of carbonyl (C=O) groups is 4. The Balaban J connectivity index is 1.23. The first-order valence-electron chi connectivity index (χ1n) is 13.3. The molecule has 0 radical (unpaired) electrons. The molecule has 1 saturated heterocycles. The minimum atomic E-state index is -1.34. The fraction of sp³-hybridized carbons (Fsp3) is 0.152. The number of hydrogen-bond donors (Lipinski definition) is 1. The SMILES string of the molecule is O=C(CN1C(=O)[C@@H]2[C@@H](C1=O)C1(Cl)c3ccccc3C2(Cl)c2ccccc21)Nc1ccc(Cl)cc1C(=O)c1ccccc1. The number of nitrogens with zero attached hydrogens (tertiary/aromatic N) is 1. The number of imide groups is 1. The van der Waals surface area contributed by atoms with Crippen LogP contribution in [-0.4, -0.2) is 34.9 Å². The monoisotopic (exact) mass is 614 g/mol. The third-order valence-corrected chi connectivity index (χ3v) is 10.0. The highest BCUT2D eigenvalue weighted by Gasteiger charge is 2.73. The van der Waals surface area contributed by atoms with E-state index in [0.29, 0.717) is 32.8 Å². The van der Waals surface area contributed by atoms with Crippen LogP contribution in [0.2, 0.25) is 5.02 Å². The molecule has 4 aliphatic rings. The Bertz CT molecular complexity index is 1720. The molecule has 1 aliphatic heterocycles. The molecule has 3 aliphatic carbocycles. The number of nitrogens with one attached hydrogen (secondary N) is 1. The van der Waals surface area contributed by atoms with Gasteiger partial charge in [0, 0.05) is 16.1 Å². The molecule has 1 fully saturated rings. The van der Waals surface area contributed by atoms with Crippen LogP contribution in [0.5, 0.6) is 0 Å². The molecule has 9 heteroatoms. The smallest absolute Gasteiger partial charge is 0.244 e. The molecule has 42 heavy (non-hydrogen) atoms. The number of hydrogen-bond acceptors (Lipinski definition) is 4. The van der Waals surface area contributed by atoms with Crippen LogP contribution in [0.25, 0.3) is 0 Å². The van der Waals surface area contributed by atoms with Gasteiger partial charge in [-0.05, 0) is 40.5 Å². The lowest BCUT2D eigenvalue weighted by Gasteiger charge is -2.54. The lowest BCUT2D eigenvalue weighted by atomic mass is 9.54. The van der Waals surface area contributed by atoms with Crippen LogP contribution in [0.15, 0.2) is 97.1 Å². The van der Waals surface area contributed by atoms with E-state index in [1.807, 2.05) is 48.5 Å². The Morgan fingerprint density at radius 1 is 0.714 bits per heavy atom. The second-order valence-corrected chi connectivity index (χ2v) is 12.3. The van der Waals surface area contributed by atoms with Crippen LogP contribution in [0.4, 0.5) is 5.69 Å². The molecule has 4 aromatic rings. The molecule has 1 N–H and O–H groups in total. The Hall–Kier alpha value is -3.97. The Labute approximate surface area is 256 Å². The van der Waals surface area contributed by atoms with Crippen molar-refractivity contribution in [2.45, 2.75) is 9.75 Å². The average Bonchev–Trinajstić information content (AvgIpc) is 3.27. The number of ketones is 1. The number of amides is 3. The number of alkyl halides is 2. The van der Waals surface area contributed by atoms with Gasteiger partial charge in [0.2, 0.25) is 17.7 Å². The van der Waals surface area contributed by atoms with Crippen LogP contribution in [0.3, 0.4) is 0 Å². The molecule has 3 amide bonds. The number of benzene rings is 4. The zero-order valence-electron chi connectivity index (χ0n) is 21.8. The first-order valence-corrected chi connectivity index (χ1v) is 14.4. The molecule has 1 heterocycles. The topological polar surface area (TPSA) is 83.6 Å². The van der Waals surface area contributed by atoms with Crippen molar-refractivity contribution in [1.29, 1.82) is 0 Å². The highest BCUT2D eigenvalue weighted by atomic mass is 35.5. The zero-order chi connectivity index (χ0) is 29.4. The van der Waals surface area contributed by atoms with Crippen molar-refractivity contribution in [2.75, 3.05) is 11.9 Å². The first kappa shape index (κ1) is 26.9. The summed E-state index contributed by atoms with van der Waals surface area (Å²) >= 11 is 21.0. The third-order valence-electron chi connectivity index (χ3n) is 8.51. The van der Waals surface area contributed by atoms with Crippen LogP contribution in [-0.2, 0) is 24.1 Å². The van der Waals surface area contributed by atoms with Gasteiger partial charge in [-0.2, -0.15) is 0 Å². The number of anilines is 1. The highest BCUT2D eigenvalue weighted by Crippen LogP contribution is 2.69. The lowest BCUT2D eigenvalue weighted by molar-refractivity contribution is -0.142. The molecular weight excluding hydrogens is 595 g/mol. The van der Waals surface area contributed by atoms with Gasteiger partial charge in [-0.1, -0.05) is 90.5 Å². The van der Waals surface area contributed by atoms with E-state index in [2.05, 4.69) is 5.32 Å². The quantitative estimate of drug-likeness (QED) is 0.167. The van der Waals surface area contributed by atoms with Crippen molar-refractivity contribution in [3.8, 4) is 0 Å². The van der Waals surface area contributed by atoms with Crippen LogP contribution in [0.1, 0.15) is 38.2 Å². The fourth-order valence-corrected chi connectivity index (χ4v) is 8.04. The maximum absolute atomic E-state index is 14.0. The molecule has 0 aromatic heterocycles. The molecule has 2 atom stereocenters. The van der Waals surface area contributed by atoms with E-state index >= 15 is 0 Å². The van der Waals surface area contributed by atoms with Crippen LogP contribution < -0.4 is 5.32 Å². The van der Waals surface area contributed by atoms with Crippen LogP contribution >= 0.6 is 34.8 Å². The Morgan fingerprint density at radius 3 is 1.69 bits per heavy atom. The molecule has 2 bridgehead atoms. The summed E-state index contributed by atoms with van der Waals surface area (Å²) in [6.07, 6.45) is 0. The minimum Gasteiger partial charge on any atom is -0.324 e. The van der Waals surface area contributed by atoms with E-state index < -0.39 is 45.9 Å². The summed E-state index contributed by atoms with van der Waals surface area (Å²) in [7, 11) is 0. The maximum atomic E-state index is 14.0. The number of halogens is 3. The van der Waals surface area contributed by atoms with E-state index in [0.717, 1.165) is 4.90 Å². The van der Waals surface area contributed by atoms with Gasteiger partial charge in [0.05, 0.1) is 17.5 Å². The molecule has 208 valence electrons. The van der Waals surface area contributed by atoms with Gasteiger partial charge in [0.15, 0.2) is 5.78 Å². The van der Waals surface area contributed by atoms with Gasteiger partial charge in [0.1, 0.15) is 16.3 Å². The predicted molar refractivity (Wildman–Crippen MR) is 160 cm³/mol. The number of carbonyl (C=O) groups excluding carboxylic acids is 4. The van der Waals surface area contributed by atoms with Gasteiger partial charge in [-0.25, -0.2) is 0 Å². The van der Waals surface area contributed by atoms with Gasteiger partial charge in [-0.3, -0.25) is 24.1 Å². The summed E-state index contributed by atoms with van der Waals surface area (Å²) in [5, 5.41) is 3.01. The standard InChI is InChI=1S/C33H21Cl3N2O4/c34-19-14-15-25(20(16-19)29(40)18-8-2-1-3-9-18)37-26(39)17-38-30(41)27-28(31(38)42)33(36)22-11-5-4-10-21(22)32(27,35)23-12-6-7-13-24(23)33/h1-16,27-28H,17H2,(H,37,39)/t27-,28-,32?,33?/m0/s1. The van der Waals surface area contributed by atoms with Gasteiger partial charge >= 0.3 is 0 Å². The van der Waals surface area contributed by atoms with Crippen molar-refractivity contribution in [3.63, 3.8) is 0 Å². The molecular formula is C33H21Cl3N2O4. The molecule has 0 unspecified atom stereocenters. The summed E-state index contributed by atoms with van der Waals surface area (Å²) in [6.45, 7) is -0.571. The number of rotatable bonds is 5. The van der Waals surface area contributed by atoms with Crippen molar-refractivity contribution >= 4 is 64.0 Å². The molecule has 0 spiro atoms. The normalized spacial score (nSPS) is 25.1.